The van der Waals surface area contributed by atoms with E-state index in [4.69, 9.17) is 13.9 Å². The maximum Gasteiger partial charge on any atom is 0.328 e. The number of carbonyl (C=O) groups excluding carboxylic acids is 3. The molecule has 1 aromatic carbocycles. The van der Waals surface area contributed by atoms with Crippen LogP contribution >= 0.6 is 0 Å². The molecule has 0 saturated heterocycles. The smallest absolute Gasteiger partial charge is 0.328 e. The molecule has 0 saturated carbocycles. The Morgan fingerprint density at radius 1 is 1.09 bits per heavy atom. The van der Waals surface area contributed by atoms with Crippen LogP contribution in [0.3, 0.4) is 0 Å². The van der Waals surface area contributed by atoms with Gasteiger partial charge in [0.25, 0.3) is 11.8 Å². The van der Waals surface area contributed by atoms with Gasteiger partial charge in [-0.2, -0.15) is 0 Å². The molecular formula is C23H23N3O6. The standard InChI is InChI=1S/C23H23N3O6/c1-2-30-23(29)19(13-16-8-10-24-11-9-16)26-21(27)15-32-18-6-3-5-17(14-18)25-22(28)20-7-4-12-31-20/h3-12,14,19H,2,13,15H2,1H3,(H,25,28)(H,26,27)/t19-/m1/s1. The Morgan fingerprint density at radius 3 is 2.62 bits per heavy atom. The molecule has 2 amide bonds. The van der Waals surface area contributed by atoms with Crippen LogP contribution in [0, 0.1) is 0 Å². The van der Waals surface area contributed by atoms with Gasteiger partial charge in [0.05, 0.1) is 12.9 Å². The predicted octanol–water partition coefficient (Wildman–Crippen LogP) is 2.60. The molecule has 0 unspecified atom stereocenters. The summed E-state index contributed by atoms with van der Waals surface area (Å²) in [5, 5.41) is 5.33. The summed E-state index contributed by atoms with van der Waals surface area (Å²) < 4.78 is 15.6. The highest BCUT2D eigenvalue weighted by Gasteiger charge is 2.22. The quantitative estimate of drug-likeness (QED) is 0.468. The average molecular weight is 437 g/mol. The summed E-state index contributed by atoms with van der Waals surface area (Å²) in [5.74, 6) is -0.866. The Labute approximate surface area is 184 Å². The number of hydrogen-bond acceptors (Lipinski definition) is 7. The van der Waals surface area contributed by atoms with Crippen LogP contribution in [0.1, 0.15) is 23.0 Å². The molecule has 2 heterocycles. The minimum atomic E-state index is -0.854. The highest BCUT2D eigenvalue weighted by molar-refractivity contribution is 6.02. The molecule has 9 nitrogen and oxygen atoms in total. The van der Waals surface area contributed by atoms with Crippen LogP contribution in [0.5, 0.6) is 5.75 Å². The monoisotopic (exact) mass is 437 g/mol. The molecule has 0 aliphatic carbocycles. The summed E-state index contributed by atoms with van der Waals surface area (Å²) in [6.45, 7) is 1.58. The number of hydrogen-bond donors (Lipinski definition) is 2. The molecule has 0 bridgehead atoms. The molecule has 0 aliphatic heterocycles. The van der Waals surface area contributed by atoms with E-state index in [1.165, 1.54) is 6.26 Å². The number of esters is 1. The van der Waals surface area contributed by atoms with E-state index in [2.05, 4.69) is 15.6 Å². The van der Waals surface area contributed by atoms with Gasteiger partial charge in [0, 0.05) is 30.6 Å². The number of ether oxygens (including phenoxy) is 2. The highest BCUT2D eigenvalue weighted by atomic mass is 16.5. The van der Waals surface area contributed by atoms with Gasteiger partial charge < -0.3 is 24.5 Å². The zero-order valence-electron chi connectivity index (χ0n) is 17.4. The summed E-state index contributed by atoms with van der Waals surface area (Å²) in [7, 11) is 0. The second-order valence-corrected chi connectivity index (χ2v) is 6.68. The van der Waals surface area contributed by atoms with Crippen molar-refractivity contribution < 1.29 is 28.3 Å². The topological polar surface area (TPSA) is 120 Å². The molecule has 3 rings (SSSR count). The number of amides is 2. The largest absolute Gasteiger partial charge is 0.484 e. The third-order valence-electron chi connectivity index (χ3n) is 4.30. The lowest BCUT2D eigenvalue weighted by Crippen LogP contribution is -2.45. The van der Waals surface area contributed by atoms with E-state index in [1.807, 2.05) is 0 Å². The molecule has 166 valence electrons. The summed E-state index contributed by atoms with van der Waals surface area (Å²) >= 11 is 0. The van der Waals surface area contributed by atoms with Crippen molar-refractivity contribution in [2.75, 3.05) is 18.5 Å². The third kappa shape index (κ3) is 6.69. The van der Waals surface area contributed by atoms with Gasteiger partial charge in [0.1, 0.15) is 11.8 Å². The SMILES string of the molecule is CCOC(=O)[C@@H](Cc1ccncc1)NC(=O)COc1cccc(NC(=O)c2ccco2)c1. The molecule has 0 radical (unpaired) electrons. The van der Waals surface area contributed by atoms with Gasteiger partial charge in [0.2, 0.25) is 0 Å². The van der Waals surface area contributed by atoms with Crippen LogP contribution in [0.25, 0.3) is 0 Å². The van der Waals surface area contributed by atoms with Gasteiger partial charge in [-0.05, 0) is 48.9 Å². The lowest BCUT2D eigenvalue weighted by atomic mass is 10.1. The predicted molar refractivity (Wildman–Crippen MR) is 115 cm³/mol. The van der Waals surface area contributed by atoms with Crippen LogP contribution in [-0.2, 0) is 20.7 Å². The number of carbonyl (C=O) groups is 3. The average Bonchev–Trinajstić information content (AvgIpc) is 3.34. The number of nitrogens with zero attached hydrogens (tertiary/aromatic N) is 1. The third-order valence-corrected chi connectivity index (χ3v) is 4.30. The number of benzene rings is 1. The van der Waals surface area contributed by atoms with Crippen LogP contribution in [0.15, 0.2) is 71.6 Å². The molecule has 2 N–H and O–H groups in total. The summed E-state index contributed by atoms with van der Waals surface area (Å²) in [6, 6.07) is 12.4. The molecule has 9 heteroatoms. The minimum absolute atomic E-state index is 0.176. The van der Waals surface area contributed by atoms with Crippen molar-refractivity contribution in [3.8, 4) is 5.75 Å². The number of furan rings is 1. The van der Waals surface area contributed by atoms with Crippen molar-refractivity contribution in [3.63, 3.8) is 0 Å². The second-order valence-electron chi connectivity index (χ2n) is 6.68. The van der Waals surface area contributed by atoms with Crippen molar-refractivity contribution in [1.29, 1.82) is 0 Å². The molecule has 3 aromatic rings. The zero-order chi connectivity index (χ0) is 22.8. The van der Waals surface area contributed by atoms with Gasteiger partial charge in [-0.1, -0.05) is 6.07 Å². The van der Waals surface area contributed by atoms with Crippen LogP contribution in [-0.4, -0.2) is 42.0 Å². The van der Waals surface area contributed by atoms with E-state index < -0.39 is 23.8 Å². The summed E-state index contributed by atoms with van der Waals surface area (Å²) in [6.07, 6.45) is 4.90. The number of nitrogens with one attached hydrogen (secondary N) is 2. The maximum atomic E-state index is 12.4. The Balaban J connectivity index is 1.56. The Morgan fingerprint density at radius 2 is 1.91 bits per heavy atom. The van der Waals surface area contributed by atoms with Crippen molar-refractivity contribution in [1.82, 2.24) is 10.3 Å². The Hall–Kier alpha value is -4.14. The van der Waals surface area contributed by atoms with Crippen LogP contribution < -0.4 is 15.4 Å². The number of aromatic nitrogens is 1. The second kappa shape index (κ2) is 11.3. The van der Waals surface area contributed by atoms with E-state index in [1.54, 1.807) is 67.8 Å². The van der Waals surface area contributed by atoms with Crippen molar-refractivity contribution in [2.24, 2.45) is 0 Å². The van der Waals surface area contributed by atoms with Crippen molar-refractivity contribution in [3.05, 3.63) is 78.5 Å². The number of pyridine rings is 1. The van der Waals surface area contributed by atoms with Crippen molar-refractivity contribution in [2.45, 2.75) is 19.4 Å². The van der Waals surface area contributed by atoms with Gasteiger partial charge in [0.15, 0.2) is 12.4 Å². The first-order valence-corrected chi connectivity index (χ1v) is 9.97. The number of rotatable bonds is 10. The van der Waals surface area contributed by atoms with Crippen LogP contribution in [0.4, 0.5) is 5.69 Å². The van der Waals surface area contributed by atoms with E-state index in [9.17, 15) is 14.4 Å². The first-order chi connectivity index (χ1) is 15.5. The van der Waals surface area contributed by atoms with E-state index in [0.717, 1.165) is 5.56 Å². The lowest BCUT2D eigenvalue weighted by Gasteiger charge is -2.17. The fraction of sp³-hybridized carbons (Fsp3) is 0.217. The first kappa shape index (κ1) is 22.5. The fourth-order valence-corrected chi connectivity index (χ4v) is 2.84. The zero-order valence-corrected chi connectivity index (χ0v) is 17.4. The number of anilines is 1. The molecule has 0 fully saturated rings. The van der Waals surface area contributed by atoms with Gasteiger partial charge in [-0.15, -0.1) is 0 Å². The van der Waals surface area contributed by atoms with Crippen LogP contribution in [0.2, 0.25) is 0 Å². The fourth-order valence-electron chi connectivity index (χ4n) is 2.84. The lowest BCUT2D eigenvalue weighted by molar-refractivity contribution is -0.147. The first-order valence-electron chi connectivity index (χ1n) is 9.97. The van der Waals surface area contributed by atoms with E-state index >= 15 is 0 Å². The maximum absolute atomic E-state index is 12.4. The Bertz CT molecular complexity index is 1040. The van der Waals surface area contributed by atoms with Gasteiger partial charge in [-0.3, -0.25) is 14.6 Å². The van der Waals surface area contributed by atoms with E-state index in [-0.39, 0.29) is 25.4 Å². The van der Waals surface area contributed by atoms with Gasteiger partial charge >= 0.3 is 5.97 Å². The molecule has 1 atom stereocenters. The molecule has 0 aliphatic rings. The molecule has 2 aromatic heterocycles. The molecule has 32 heavy (non-hydrogen) atoms. The molecular weight excluding hydrogens is 414 g/mol. The van der Waals surface area contributed by atoms with Crippen molar-refractivity contribution >= 4 is 23.5 Å². The van der Waals surface area contributed by atoms with E-state index in [0.29, 0.717) is 11.4 Å². The summed E-state index contributed by atoms with van der Waals surface area (Å²) in [5.41, 5.74) is 1.31. The Kier molecular flexibility index (Phi) is 7.96. The summed E-state index contributed by atoms with van der Waals surface area (Å²) in [4.78, 5) is 40.7. The highest BCUT2D eigenvalue weighted by Crippen LogP contribution is 2.18. The molecule has 0 spiro atoms. The minimum Gasteiger partial charge on any atom is -0.484 e. The van der Waals surface area contributed by atoms with Gasteiger partial charge in [-0.25, -0.2) is 4.79 Å². The normalized spacial score (nSPS) is 11.3.